The zero-order valence-corrected chi connectivity index (χ0v) is 10.4. The third kappa shape index (κ3) is 2.94. The van der Waals surface area contributed by atoms with Gasteiger partial charge in [0, 0.05) is 17.8 Å². The van der Waals surface area contributed by atoms with Gasteiger partial charge in [0.05, 0.1) is 9.94 Å². The number of thiophene rings is 1. The van der Waals surface area contributed by atoms with Crippen molar-refractivity contribution < 1.29 is 5.11 Å². The van der Waals surface area contributed by atoms with Gasteiger partial charge in [0.15, 0.2) is 0 Å². The van der Waals surface area contributed by atoms with Crippen molar-refractivity contribution >= 4 is 22.9 Å². The summed E-state index contributed by atoms with van der Waals surface area (Å²) in [4.78, 5) is 3.37. The lowest BCUT2D eigenvalue weighted by molar-refractivity contribution is -0.0218. The Bertz CT molecular complexity index is 341. The first kappa shape index (κ1) is 11.4. The molecule has 2 nitrogen and oxygen atoms in total. The summed E-state index contributed by atoms with van der Waals surface area (Å²) in [5.74, 6) is 0. The molecule has 1 atom stereocenters. The van der Waals surface area contributed by atoms with Crippen LogP contribution in [0.4, 0.5) is 0 Å². The van der Waals surface area contributed by atoms with Crippen LogP contribution in [0.3, 0.4) is 0 Å². The van der Waals surface area contributed by atoms with E-state index in [1.165, 1.54) is 4.88 Å². The molecular weight excluding hydrogens is 230 g/mol. The molecule has 1 saturated heterocycles. The number of rotatable bonds is 2. The van der Waals surface area contributed by atoms with Crippen molar-refractivity contribution in [2.24, 2.45) is 0 Å². The zero-order valence-electron chi connectivity index (χ0n) is 8.87. The van der Waals surface area contributed by atoms with E-state index in [0.29, 0.717) is 0 Å². The summed E-state index contributed by atoms with van der Waals surface area (Å²) in [7, 11) is 2.06. The standard InChI is InChI=1S/C11H16ClNOS/c1-13-6-2-5-11(14,8-13)7-9-3-4-10(12)15-9/h3-4,14H,2,5-8H2,1H3. The number of β-amino-alcohol motifs (C(OH)–C–C–N with tert-alkyl or cyclic N) is 1. The van der Waals surface area contributed by atoms with Gasteiger partial charge in [-0.25, -0.2) is 0 Å². The maximum atomic E-state index is 10.4. The smallest absolute Gasteiger partial charge is 0.0931 e. The van der Waals surface area contributed by atoms with Gasteiger partial charge in [-0.3, -0.25) is 0 Å². The molecule has 2 rings (SSSR count). The minimum absolute atomic E-state index is 0.554. The first-order chi connectivity index (χ1) is 7.07. The van der Waals surface area contributed by atoms with E-state index in [-0.39, 0.29) is 0 Å². The van der Waals surface area contributed by atoms with Crippen molar-refractivity contribution in [1.29, 1.82) is 0 Å². The Hall–Kier alpha value is -0.0900. The number of piperidine rings is 1. The molecule has 1 aliphatic heterocycles. The second kappa shape index (κ2) is 4.42. The lowest BCUT2D eigenvalue weighted by atomic mass is 9.89. The van der Waals surface area contributed by atoms with Gasteiger partial charge in [0.2, 0.25) is 0 Å². The summed E-state index contributed by atoms with van der Waals surface area (Å²) in [5, 5.41) is 10.4. The van der Waals surface area contributed by atoms with Crippen molar-refractivity contribution in [1.82, 2.24) is 4.90 Å². The van der Waals surface area contributed by atoms with E-state index in [4.69, 9.17) is 11.6 Å². The lowest BCUT2D eigenvalue weighted by Crippen LogP contribution is -2.47. The summed E-state index contributed by atoms with van der Waals surface area (Å²) >= 11 is 7.45. The monoisotopic (exact) mass is 245 g/mol. The highest BCUT2D eigenvalue weighted by Gasteiger charge is 2.32. The molecule has 0 bridgehead atoms. The molecule has 0 amide bonds. The van der Waals surface area contributed by atoms with Crippen LogP contribution in [0.2, 0.25) is 4.34 Å². The molecule has 1 fully saturated rings. The quantitative estimate of drug-likeness (QED) is 0.865. The topological polar surface area (TPSA) is 23.5 Å². The van der Waals surface area contributed by atoms with Crippen molar-refractivity contribution in [3.63, 3.8) is 0 Å². The van der Waals surface area contributed by atoms with Gasteiger partial charge in [0.25, 0.3) is 0 Å². The minimum Gasteiger partial charge on any atom is -0.388 e. The lowest BCUT2D eigenvalue weighted by Gasteiger charge is -2.37. The Balaban J connectivity index is 2.03. The molecule has 0 aromatic carbocycles. The Morgan fingerprint density at radius 2 is 2.40 bits per heavy atom. The van der Waals surface area contributed by atoms with Crippen LogP contribution in [-0.4, -0.2) is 35.7 Å². The number of likely N-dealkylation sites (tertiary alicyclic amines) is 1. The molecule has 0 spiro atoms. The van der Waals surface area contributed by atoms with Gasteiger partial charge in [0.1, 0.15) is 0 Å². The Kier molecular flexibility index (Phi) is 3.36. The van der Waals surface area contributed by atoms with E-state index in [2.05, 4.69) is 11.9 Å². The largest absolute Gasteiger partial charge is 0.388 e. The first-order valence-corrected chi connectivity index (χ1v) is 6.42. The number of aliphatic hydroxyl groups is 1. The highest BCUT2D eigenvalue weighted by atomic mass is 35.5. The van der Waals surface area contributed by atoms with Crippen molar-refractivity contribution in [3.8, 4) is 0 Å². The highest BCUT2D eigenvalue weighted by molar-refractivity contribution is 7.16. The zero-order chi connectivity index (χ0) is 10.9. The molecule has 1 aliphatic rings. The molecule has 0 aliphatic carbocycles. The van der Waals surface area contributed by atoms with Gasteiger partial charge >= 0.3 is 0 Å². The van der Waals surface area contributed by atoms with Crippen molar-refractivity contribution in [2.45, 2.75) is 24.9 Å². The maximum absolute atomic E-state index is 10.4. The van der Waals surface area contributed by atoms with E-state index < -0.39 is 5.60 Å². The van der Waals surface area contributed by atoms with Crippen LogP contribution in [0, 0.1) is 0 Å². The van der Waals surface area contributed by atoms with Gasteiger partial charge in [-0.2, -0.15) is 0 Å². The van der Waals surface area contributed by atoms with E-state index >= 15 is 0 Å². The Morgan fingerprint density at radius 1 is 1.60 bits per heavy atom. The van der Waals surface area contributed by atoms with Crippen molar-refractivity contribution in [2.75, 3.05) is 20.1 Å². The molecule has 1 aromatic rings. The normalized spacial score (nSPS) is 28.2. The molecule has 0 radical (unpaired) electrons. The molecule has 4 heteroatoms. The number of hydrogen-bond acceptors (Lipinski definition) is 3. The highest BCUT2D eigenvalue weighted by Crippen LogP contribution is 2.29. The molecular formula is C11H16ClNOS. The molecule has 2 heterocycles. The summed E-state index contributed by atoms with van der Waals surface area (Å²) < 4.78 is 0.803. The van der Waals surface area contributed by atoms with Gasteiger partial charge in [-0.05, 0) is 38.6 Å². The van der Waals surface area contributed by atoms with Crippen LogP contribution in [0.5, 0.6) is 0 Å². The summed E-state index contributed by atoms with van der Waals surface area (Å²) in [6, 6.07) is 3.91. The first-order valence-electron chi connectivity index (χ1n) is 5.23. The second-order valence-electron chi connectivity index (χ2n) is 4.45. The number of halogens is 1. The molecule has 1 unspecified atom stereocenters. The number of nitrogens with zero attached hydrogens (tertiary/aromatic N) is 1. The molecule has 1 N–H and O–H groups in total. The van der Waals surface area contributed by atoms with E-state index in [9.17, 15) is 5.11 Å². The van der Waals surface area contributed by atoms with Gasteiger partial charge in [-0.15, -0.1) is 11.3 Å². The van der Waals surface area contributed by atoms with Crippen LogP contribution in [-0.2, 0) is 6.42 Å². The Labute approximate surface area is 99.5 Å². The summed E-state index contributed by atoms with van der Waals surface area (Å²) in [6.07, 6.45) is 2.70. The second-order valence-corrected chi connectivity index (χ2v) is 6.25. The average Bonchev–Trinajstić information content (AvgIpc) is 2.49. The molecule has 1 aromatic heterocycles. The Morgan fingerprint density at radius 3 is 3.00 bits per heavy atom. The third-order valence-electron chi connectivity index (χ3n) is 2.88. The summed E-state index contributed by atoms with van der Waals surface area (Å²) in [5.41, 5.74) is -0.554. The van der Waals surface area contributed by atoms with Crippen LogP contribution < -0.4 is 0 Å². The fraction of sp³-hybridized carbons (Fsp3) is 0.636. The third-order valence-corrected chi connectivity index (χ3v) is 4.11. The van der Waals surface area contributed by atoms with Crippen LogP contribution in [0.15, 0.2) is 12.1 Å². The van der Waals surface area contributed by atoms with E-state index in [0.717, 1.165) is 36.7 Å². The predicted molar refractivity (Wildman–Crippen MR) is 64.7 cm³/mol. The van der Waals surface area contributed by atoms with Gasteiger partial charge < -0.3 is 10.0 Å². The fourth-order valence-corrected chi connectivity index (χ4v) is 3.48. The minimum atomic E-state index is -0.554. The van der Waals surface area contributed by atoms with Crippen molar-refractivity contribution in [3.05, 3.63) is 21.3 Å². The summed E-state index contributed by atoms with van der Waals surface area (Å²) in [6.45, 7) is 1.86. The van der Waals surface area contributed by atoms with Crippen LogP contribution in [0.1, 0.15) is 17.7 Å². The molecule has 84 valence electrons. The predicted octanol–water partition coefficient (Wildman–Crippen LogP) is 2.40. The number of hydrogen-bond donors (Lipinski definition) is 1. The van der Waals surface area contributed by atoms with Crippen LogP contribution >= 0.6 is 22.9 Å². The molecule has 0 saturated carbocycles. The van der Waals surface area contributed by atoms with Crippen LogP contribution in [0.25, 0.3) is 0 Å². The van der Waals surface area contributed by atoms with E-state index in [1.807, 2.05) is 12.1 Å². The van der Waals surface area contributed by atoms with E-state index in [1.54, 1.807) is 11.3 Å². The van der Waals surface area contributed by atoms with Gasteiger partial charge in [-0.1, -0.05) is 11.6 Å². The maximum Gasteiger partial charge on any atom is 0.0931 e. The number of likely N-dealkylation sites (N-methyl/N-ethyl adjacent to an activating group) is 1. The fourth-order valence-electron chi connectivity index (χ4n) is 2.25. The average molecular weight is 246 g/mol. The molecule has 15 heavy (non-hydrogen) atoms. The SMILES string of the molecule is CN1CCCC(O)(Cc2ccc(Cl)s2)C1.